The van der Waals surface area contributed by atoms with Crippen molar-refractivity contribution in [2.24, 2.45) is 0 Å². The van der Waals surface area contributed by atoms with Crippen molar-refractivity contribution in [1.29, 1.82) is 0 Å². The molecule has 2 heterocycles. The highest BCUT2D eigenvalue weighted by atomic mass is 35.5. The lowest BCUT2D eigenvalue weighted by molar-refractivity contribution is 0.0767. The van der Waals surface area contributed by atoms with E-state index in [1.165, 1.54) is 0 Å². The van der Waals surface area contributed by atoms with Crippen molar-refractivity contribution in [3.63, 3.8) is 0 Å². The lowest BCUT2D eigenvalue weighted by atomic mass is 10.2. The second-order valence-electron chi connectivity index (χ2n) is 5.55. The van der Waals surface area contributed by atoms with Crippen LogP contribution in [-0.2, 0) is 0 Å². The zero-order valence-electron chi connectivity index (χ0n) is 13.9. The molecule has 0 bridgehead atoms. The number of halogens is 4. The van der Waals surface area contributed by atoms with Crippen molar-refractivity contribution in [3.05, 3.63) is 52.1 Å². The molecule has 0 unspecified atom stereocenters. The van der Waals surface area contributed by atoms with Gasteiger partial charge < -0.3 is 15.5 Å². The van der Waals surface area contributed by atoms with Gasteiger partial charge in [0, 0.05) is 31.5 Å². The van der Waals surface area contributed by atoms with Crippen LogP contribution in [0.1, 0.15) is 16.8 Å². The lowest BCUT2D eigenvalue weighted by Crippen LogP contribution is -2.34. The molecule has 2 aromatic rings. The average Bonchev–Trinajstić information content (AvgIpc) is 2.87. The van der Waals surface area contributed by atoms with Gasteiger partial charge in [-0.25, -0.2) is 4.98 Å². The predicted octanol–water partition coefficient (Wildman–Crippen LogP) is 4.41. The summed E-state index contributed by atoms with van der Waals surface area (Å²) in [6, 6.07) is 8.77. The minimum Gasteiger partial charge on any atom is -0.340 e. The summed E-state index contributed by atoms with van der Waals surface area (Å²) in [7, 11) is 0. The molecule has 0 atom stereocenters. The minimum absolute atomic E-state index is 0. The van der Waals surface area contributed by atoms with Gasteiger partial charge in [-0.05, 0) is 43.3 Å². The van der Waals surface area contributed by atoms with E-state index < -0.39 is 0 Å². The number of pyridine rings is 1. The van der Waals surface area contributed by atoms with E-state index in [4.69, 9.17) is 23.2 Å². The number of nitrogens with one attached hydrogen (secondary N) is 2. The fraction of sp³-hybridized carbons (Fsp3) is 0.294. The van der Waals surface area contributed by atoms with Crippen LogP contribution in [0.2, 0.25) is 10.0 Å². The first kappa shape index (κ1) is 22.8. The number of hydrogen-bond acceptors (Lipinski definition) is 4. The first-order valence-electron chi connectivity index (χ1n) is 7.82. The third kappa shape index (κ3) is 5.63. The van der Waals surface area contributed by atoms with Gasteiger partial charge in [0.15, 0.2) is 0 Å². The molecular weight excluding hydrogens is 418 g/mol. The Bertz CT molecular complexity index is 736. The summed E-state index contributed by atoms with van der Waals surface area (Å²) in [6.45, 7) is 3.18. The van der Waals surface area contributed by atoms with Gasteiger partial charge in [-0.15, -0.1) is 24.8 Å². The fourth-order valence-electron chi connectivity index (χ4n) is 2.61. The molecule has 1 amide bonds. The quantitative estimate of drug-likeness (QED) is 0.746. The van der Waals surface area contributed by atoms with Gasteiger partial charge in [-0.3, -0.25) is 4.79 Å². The smallest absolute Gasteiger partial charge is 0.257 e. The number of hydrogen-bond donors (Lipinski definition) is 2. The molecule has 3 rings (SSSR count). The number of rotatable bonds is 3. The van der Waals surface area contributed by atoms with Crippen LogP contribution in [0, 0.1) is 0 Å². The zero-order chi connectivity index (χ0) is 16.9. The molecule has 1 saturated heterocycles. The second kappa shape index (κ2) is 10.8. The van der Waals surface area contributed by atoms with Gasteiger partial charge in [0.05, 0.1) is 15.6 Å². The third-order valence-electron chi connectivity index (χ3n) is 3.85. The Balaban J connectivity index is 0.00000169. The Morgan fingerprint density at radius 1 is 1.12 bits per heavy atom. The molecule has 9 heteroatoms. The summed E-state index contributed by atoms with van der Waals surface area (Å²) < 4.78 is 0. The molecule has 2 N–H and O–H groups in total. The van der Waals surface area contributed by atoms with E-state index in [0.29, 0.717) is 28.0 Å². The minimum atomic E-state index is -0.0191. The monoisotopic (exact) mass is 436 g/mol. The molecule has 5 nitrogen and oxygen atoms in total. The van der Waals surface area contributed by atoms with Gasteiger partial charge in [0.2, 0.25) is 0 Å². The van der Waals surface area contributed by atoms with Crippen LogP contribution in [-0.4, -0.2) is 42.0 Å². The summed E-state index contributed by atoms with van der Waals surface area (Å²) >= 11 is 12.0. The lowest BCUT2D eigenvalue weighted by Gasteiger charge is -2.21. The summed E-state index contributed by atoms with van der Waals surface area (Å²) in [5.41, 5.74) is 1.28. The van der Waals surface area contributed by atoms with Crippen LogP contribution in [0.3, 0.4) is 0 Å². The number of aromatic nitrogens is 1. The zero-order valence-corrected chi connectivity index (χ0v) is 17.0. The van der Waals surface area contributed by atoms with Crippen LogP contribution in [0.25, 0.3) is 0 Å². The van der Waals surface area contributed by atoms with Gasteiger partial charge in [0.1, 0.15) is 5.82 Å². The maximum Gasteiger partial charge on any atom is 0.257 e. The van der Waals surface area contributed by atoms with Crippen molar-refractivity contribution in [3.8, 4) is 0 Å². The number of benzene rings is 1. The fourth-order valence-corrected chi connectivity index (χ4v) is 2.91. The predicted molar refractivity (Wildman–Crippen MR) is 112 cm³/mol. The molecule has 26 heavy (non-hydrogen) atoms. The van der Waals surface area contributed by atoms with Gasteiger partial charge in [-0.1, -0.05) is 23.2 Å². The highest BCUT2D eigenvalue weighted by Gasteiger charge is 2.20. The third-order valence-corrected chi connectivity index (χ3v) is 4.59. The first-order valence-corrected chi connectivity index (χ1v) is 8.58. The van der Waals surface area contributed by atoms with E-state index in [2.05, 4.69) is 15.6 Å². The number of carbonyl (C=O) groups excluding carboxylic acids is 1. The summed E-state index contributed by atoms with van der Waals surface area (Å²) in [4.78, 5) is 19.0. The number of nitrogens with zero attached hydrogens (tertiary/aromatic N) is 2. The average molecular weight is 438 g/mol. The molecule has 1 aromatic heterocycles. The number of amides is 1. The van der Waals surface area contributed by atoms with E-state index in [1.807, 2.05) is 4.90 Å². The Hall–Kier alpha value is -1.24. The van der Waals surface area contributed by atoms with E-state index in [-0.39, 0.29) is 30.7 Å². The molecule has 0 radical (unpaired) electrons. The summed E-state index contributed by atoms with van der Waals surface area (Å²) in [6.07, 6.45) is 2.60. The van der Waals surface area contributed by atoms with Crippen LogP contribution < -0.4 is 10.6 Å². The normalized spacial score (nSPS) is 13.8. The molecule has 1 aliphatic rings. The SMILES string of the molecule is Cl.Cl.O=C(c1cccnc1Nc1ccc(Cl)c(Cl)c1)N1CCCNCC1. The van der Waals surface area contributed by atoms with Crippen LogP contribution >= 0.6 is 48.0 Å². The van der Waals surface area contributed by atoms with Gasteiger partial charge in [0.25, 0.3) is 5.91 Å². The summed E-state index contributed by atoms with van der Waals surface area (Å²) in [5, 5.41) is 7.39. The molecule has 0 spiro atoms. The highest BCUT2D eigenvalue weighted by Crippen LogP contribution is 2.27. The molecule has 0 aliphatic carbocycles. The molecule has 1 fully saturated rings. The Morgan fingerprint density at radius 2 is 1.92 bits per heavy atom. The second-order valence-corrected chi connectivity index (χ2v) is 6.36. The van der Waals surface area contributed by atoms with Crippen molar-refractivity contribution in [2.75, 3.05) is 31.5 Å². The van der Waals surface area contributed by atoms with Gasteiger partial charge in [-0.2, -0.15) is 0 Å². The largest absolute Gasteiger partial charge is 0.340 e. The standard InChI is InChI=1S/C17H18Cl2N4O.2ClH/c18-14-5-4-12(11-15(14)19)22-16-13(3-1-7-21-16)17(24)23-9-2-6-20-8-10-23;;/h1,3-5,7,11,20H,2,6,8-10H2,(H,21,22);2*1H. The molecule has 1 aliphatic heterocycles. The Morgan fingerprint density at radius 3 is 2.69 bits per heavy atom. The summed E-state index contributed by atoms with van der Waals surface area (Å²) in [5.74, 6) is 0.493. The maximum absolute atomic E-state index is 12.9. The molecule has 142 valence electrons. The van der Waals surface area contributed by atoms with E-state index >= 15 is 0 Å². The Labute approximate surface area is 175 Å². The molecule has 1 aromatic carbocycles. The van der Waals surface area contributed by atoms with Crippen molar-refractivity contribution >= 4 is 65.4 Å². The van der Waals surface area contributed by atoms with E-state index in [0.717, 1.165) is 31.7 Å². The number of anilines is 2. The van der Waals surface area contributed by atoms with Crippen molar-refractivity contribution < 1.29 is 4.79 Å². The first-order chi connectivity index (χ1) is 11.6. The topological polar surface area (TPSA) is 57.3 Å². The highest BCUT2D eigenvalue weighted by molar-refractivity contribution is 6.42. The van der Waals surface area contributed by atoms with Crippen LogP contribution in [0.4, 0.5) is 11.5 Å². The van der Waals surface area contributed by atoms with E-state index in [1.54, 1.807) is 36.5 Å². The van der Waals surface area contributed by atoms with E-state index in [9.17, 15) is 4.79 Å². The van der Waals surface area contributed by atoms with Gasteiger partial charge >= 0.3 is 0 Å². The van der Waals surface area contributed by atoms with Crippen LogP contribution in [0.15, 0.2) is 36.5 Å². The Kier molecular flexibility index (Phi) is 9.47. The molecular formula is C17H20Cl4N4O. The number of carbonyl (C=O) groups is 1. The maximum atomic E-state index is 12.9. The molecule has 0 saturated carbocycles. The van der Waals surface area contributed by atoms with Crippen molar-refractivity contribution in [2.45, 2.75) is 6.42 Å². The van der Waals surface area contributed by atoms with Crippen LogP contribution in [0.5, 0.6) is 0 Å². The van der Waals surface area contributed by atoms with Crippen molar-refractivity contribution in [1.82, 2.24) is 15.2 Å².